The van der Waals surface area contributed by atoms with E-state index in [4.69, 9.17) is 10.6 Å². The molecule has 2 rings (SSSR count). The Morgan fingerprint density at radius 1 is 1.45 bits per heavy atom. The number of nitrogens with zero attached hydrogens (tertiary/aromatic N) is 3. The van der Waals surface area contributed by atoms with E-state index in [1.807, 2.05) is 11.6 Å². The molecule has 7 nitrogen and oxygen atoms in total. The number of hydrogen-bond acceptors (Lipinski definition) is 6. The molecule has 0 atom stereocenters. The first kappa shape index (κ1) is 14.4. The van der Waals surface area contributed by atoms with Gasteiger partial charge in [0, 0.05) is 18.4 Å². The smallest absolute Gasteiger partial charge is 0.265 e. The normalized spacial score (nSPS) is 10.3. The van der Waals surface area contributed by atoms with Gasteiger partial charge in [0.15, 0.2) is 5.16 Å². The Morgan fingerprint density at radius 2 is 2.20 bits per heavy atom. The first-order valence-corrected chi connectivity index (χ1v) is 6.90. The monoisotopic (exact) mass is 293 g/mol. The zero-order valence-corrected chi connectivity index (χ0v) is 11.8. The Morgan fingerprint density at radius 3 is 2.80 bits per heavy atom. The molecule has 106 valence electrons. The molecule has 2 aromatic rings. The van der Waals surface area contributed by atoms with E-state index in [0.29, 0.717) is 17.9 Å². The van der Waals surface area contributed by atoms with Crippen molar-refractivity contribution in [1.29, 1.82) is 0 Å². The van der Waals surface area contributed by atoms with Crippen LogP contribution in [0.3, 0.4) is 0 Å². The average Bonchev–Trinajstić information content (AvgIpc) is 2.89. The van der Waals surface area contributed by atoms with Crippen LogP contribution in [-0.4, -0.2) is 33.0 Å². The Kier molecular flexibility index (Phi) is 4.97. The van der Waals surface area contributed by atoms with Crippen molar-refractivity contribution in [3.05, 3.63) is 36.2 Å². The van der Waals surface area contributed by atoms with Crippen LogP contribution in [0, 0.1) is 0 Å². The molecule has 0 aliphatic heterocycles. The first-order valence-electron chi connectivity index (χ1n) is 5.91. The van der Waals surface area contributed by atoms with Crippen molar-refractivity contribution in [3.8, 4) is 5.75 Å². The molecular formula is C12H15N5O2S. The van der Waals surface area contributed by atoms with E-state index in [9.17, 15) is 4.79 Å². The van der Waals surface area contributed by atoms with Crippen LogP contribution in [0.5, 0.6) is 5.75 Å². The van der Waals surface area contributed by atoms with Crippen LogP contribution in [0.25, 0.3) is 0 Å². The maximum absolute atomic E-state index is 11.3. The highest BCUT2D eigenvalue weighted by Gasteiger charge is 2.04. The van der Waals surface area contributed by atoms with Crippen LogP contribution in [0.4, 0.5) is 0 Å². The van der Waals surface area contributed by atoms with Gasteiger partial charge in [0.05, 0.1) is 6.61 Å². The van der Waals surface area contributed by atoms with E-state index >= 15 is 0 Å². The number of rotatable bonds is 6. The highest BCUT2D eigenvalue weighted by atomic mass is 32.2. The first-order chi connectivity index (χ1) is 9.70. The fraction of sp³-hybridized carbons (Fsp3) is 0.250. The molecule has 3 N–H and O–H groups in total. The van der Waals surface area contributed by atoms with Crippen molar-refractivity contribution in [2.24, 2.45) is 12.9 Å². The summed E-state index contributed by atoms with van der Waals surface area (Å²) in [4.78, 5) is 11.3. The van der Waals surface area contributed by atoms with E-state index in [0.717, 1.165) is 10.9 Å². The molecule has 0 aliphatic rings. The molecule has 0 saturated heterocycles. The number of aryl methyl sites for hydroxylation is 1. The molecule has 0 unspecified atom stereocenters. The van der Waals surface area contributed by atoms with Gasteiger partial charge >= 0.3 is 0 Å². The van der Waals surface area contributed by atoms with Gasteiger partial charge in [-0.2, -0.15) is 0 Å². The third kappa shape index (κ3) is 3.72. The third-order valence-electron chi connectivity index (χ3n) is 2.50. The number of ether oxygens (including phenoxy) is 1. The van der Waals surface area contributed by atoms with Gasteiger partial charge in [0.25, 0.3) is 5.91 Å². The molecular weight excluding hydrogens is 278 g/mol. The summed E-state index contributed by atoms with van der Waals surface area (Å²) < 4.78 is 7.42. The lowest BCUT2D eigenvalue weighted by atomic mass is 10.2. The largest absolute Gasteiger partial charge is 0.493 e. The number of thioether (sulfide) groups is 1. The summed E-state index contributed by atoms with van der Waals surface area (Å²) in [5, 5.41) is 8.61. The zero-order valence-electron chi connectivity index (χ0n) is 10.9. The molecule has 1 heterocycles. The topological polar surface area (TPSA) is 95.1 Å². The lowest BCUT2D eigenvalue weighted by molar-refractivity contribution is 0.0953. The number of aromatic nitrogens is 3. The molecule has 0 saturated carbocycles. The fourth-order valence-corrected chi connectivity index (χ4v) is 2.19. The number of nitrogen functional groups attached to an aromatic ring is 1. The van der Waals surface area contributed by atoms with Gasteiger partial charge in [-0.3, -0.25) is 10.2 Å². The van der Waals surface area contributed by atoms with Crippen LogP contribution < -0.4 is 16.0 Å². The van der Waals surface area contributed by atoms with Crippen molar-refractivity contribution in [2.45, 2.75) is 5.16 Å². The zero-order chi connectivity index (χ0) is 14.4. The molecule has 8 heteroatoms. The number of carbonyl (C=O) groups excluding carboxylic acids is 1. The van der Waals surface area contributed by atoms with Crippen molar-refractivity contribution >= 4 is 17.7 Å². The predicted molar refractivity (Wildman–Crippen MR) is 75.3 cm³/mol. The molecule has 20 heavy (non-hydrogen) atoms. The lowest BCUT2D eigenvalue weighted by Gasteiger charge is -2.06. The van der Waals surface area contributed by atoms with E-state index in [1.165, 1.54) is 0 Å². The third-order valence-corrected chi connectivity index (χ3v) is 3.50. The summed E-state index contributed by atoms with van der Waals surface area (Å²) in [5.41, 5.74) is 2.57. The molecule has 1 aromatic heterocycles. The van der Waals surface area contributed by atoms with E-state index in [-0.39, 0.29) is 5.91 Å². The SMILES string of the molecule is Cn1cnnc1SCCOc1ccc(C(=O)NN)cc1. The van der Waals surface area contributed by atoms with Crippen molar-refractivity contribution in [1.82, 2.24) is 20.2 Å². The van der Waals surface area contributed by atoms with Crippen LogP contribution in [0.2, 0.25) is 0 Å². The Hall–Kier alpha value is -2.06. The standard InChI is InChI=1S/C12H15N5O2S/c1-17-8-14-16-12(17)20-7-6-19-10-4-2-9(3-5-10)11(18)15-13/h2-5,8H,6-7,13H2,1H3,(H,15,18). The molecule has 0 radical (unpaired) electrons. The number of nitrogens with one attached hydrogen (secondary N) is 1. The van der Waals surface area contributed by atoms with Gasteiger partial charge in [-0.15, -0.1) is 10.2 Å². The summed E-state index contributed by atoms with van der Waals surface area (Å²) in [5.74, 6) is 6.19. The Bertz CT molecular complexity index is 569. The van der Waals surface area contributed by atoms with Gasteiger partial charge in [0.1, 0.15) is 12.1 Å². The minimum absolute atomic E-state index is 0.325. The van der Waals surface area contributed by atoms with Gasteiger partial charge < -0.3 is 9.30 Å². The second-order valence-corrected chi connectivity index (χ2v) is 4.98. The predicted octanol–water partition coefficient (Wildman–Crippen LogP) is 0.590. The van der Waals surface area contributed by atoms with Crippen LogP contribution >= 0.6 is 11.8 Å². The highest BCUT2D eigenvalue weighted by Crippen LogP contribution is 2.15. The molecule has 0 spiro atoms. The van der Waals surface area contributed by atoms with Crippen LogP contribution in [0.15, 0.2) is 35.7 Å². The van der Waals surface area contributed by atoms with Crippen molar-refractivity contribution in [2.75, 3.05) is 12.4 Å². The minimum atomic E-state index is -0.325. The number of nitrogens with two attached hydrogens (primary N) is 1. The minimum Gasteiger partial charge on any atom is -0.493 e. The Labute approximate surface area is 120 Å². The summed E-state index contributed by atoms with van der Waals surface area (Å²) in [6.07, 6.45) is 1.66. The van der Waals surface area contributed by atoms with E-state index in [2.05, 4.69) is 15.6 Å². The van der Waals surface area contributed by atoms with Crippen LogP contribution in [0.1, 0.15) is 10.4 Å². The van der Waals surface area contributed by atoms with Crippen molar-refractivity contribution in [3.63, 3.8) is 0 Å². The second kappa shape index (κ2) is 6.92. The molecule has 0 bridgehead atoms. The summed E-state index contributed by atoms with van der Waals surface area (Å²) in [6, 6.07) is 6.79. The number of amides is 1. The van der Waals surface area contributed by atoms with Gasteiger partial charge in [-0.1, -0.05) is 11.8 Å². The van der Waals surface area contributed by atoms with Gasteiger partial charge in [-0.05, 0) is 24.3 Å². The fourth-order valence-electron chi connectivity index (χ4n) is 1.48. The highest BCUT2D eigenvalue weighted by molar-refractivity contribution is 7.99. The molecule has 0 aliphatic carbocycles. The number of benzene rings is 1. The molecule has 1 amide bonds. The molecule has 1 aromatic carbocycles. The van der Waals surface area contributed by atoms with Crippen LogP contribution in [-0.2, 0) is 7.05 Å². The number of hydrazine groups is 1. The average molecular weight is 293 g/mol. The van der Waals surface area contributed by atoms with Crippen molar-refractivity contribution < 1.29 is 9.53 Å². The number of hydrogen-bond donors (Lipinski definition) is 2. The van der Waals surface area contributed by atoms with E-state index in [1.54, 1.807) is 42.4 Å². The summed E-state index contributed by atoms with van der Waals surface area (Å²) in [7, 11) is 1.89. The maximum Gasteiger partial charge on any atom is 0.265 e. The van der Waals surface area contributed by atoms with Gasteiger partial charge in [-0.25, -0.2) is 5.84 Å². The summed E-state index contributed by atoms with van der Waals surface area (Å²) in [6.45, 7) is 0.542. The Balaban J connectivity index is 1.77. The second-order valence-electron chi connectivity index (χ2n) is 3.92. The quantitative estimate of drug-likeness (QED) is 0.266. The van der Waals surface area contributed by atoms with Gasteiger partial charge in [0.2, 0.25) is 0 Å². The molecule has 0 fully saturated rings. The maximum atomic E-state index is 11.3. The number of carbonyl (C=O) groups is 1. The lowest BCUT2D eigenvalue weighted by Crippen LogP contribution is -2.29. The summed E-state index contributed by atoms with van der Waals surface area (Å²) >= 11 is 1.57. The van der Waals surface area contributed by atoms with E-state index < -0.39 is 0 Å².